The molecular formula is C14H20BrNO. The van der Waals surface area contributed by atoms with Gasteiger partial charge >= 0.3 is 0 Å². The van der Waals surface area contributed by atoms with Gasteiger partial charge < -0.3 is 10.5 Å². The van der Waals surface area contributed by atoms with Gasteiger partial charge in [-0.15, -0.1) is 0 Å². The van der Waals surface area contributed by atoms with Crippen LogP contribution in [0, 0.1) is 0 Å². The lowest BCUT2D eigenvalue weighted by molar-refractivity contribution is 0.209. The van der Waals surface area contributed by atoms with Crippen LogP contribution in [0.3, 0.4) is 0 Å². The molecule has 1 unspecified atom stereocenters. The van der Waals surface area contributed by atoms with E-state index in [0.29, 0.717) is 5.92 Å². The second-order valence-corrected chi connectivity index (χ2v) is 6.05. The van der Waals surface area contributed by atoms with E-state index in [-0.39, 0.29) is 5.54 Å². The first-order chi connectivity index (χ1) is 7.98. The predicted molar refractivity (Wildman–Crippen MR) is 74.5 cm³/mol. The van der Waals surface area contributed by atoms with Crippen LogP contribution in [0.4, 0.5) is 0 Å². The second-order valence-electron chi connectivity index (χ2n) is 5.13. The van der Waals surface area contributed by atoms with Gasteiger partial charge in [0.25, 0.3) is 0 Å². The van der Waals surface area contributed by atoms with Crippen molar-refractivity contribution >= 4 is 15.9 Å². The maximum Gasteiger partial charge on any atom is 0.127 e. The van der Waals surface area contributed by atoms with Crippen molar-refractivity contribution in [1.82, 2.24) is 0 Å². The van der Waals surface area contributed by atoms with E-state index < -0.39 is 0 Å². The zero-order valence-electron chi connectivity index (χ0n) is 10.7. The molecule has 1 atom stereocenters. The van der Waals surface area contributed by atoms with Crippen LogP contribution >= 0.6 is 15.9 Å². The van der Waals surface area contributed by atoms with Crippen LogP contribution in [-0.2, 0) is 5.54 Å². The fraction of sp³-hybridized carbons (Fsp3) is 0.571. The molecule has 0 spiro atoms. The molecule has 0 fully saturated rings. The van der Waals surface area contributed by atoms with Gasteiger partial charge in [0.1, 0.15) is 5.75 Å². The average Bonchev–Trinajstić information content (AvgIpc) is 2.29. The summed E-state index contributed by atoms with van der Waals surface area (Å²) in [4.78, 5) is 0. The lowest BCUT2D eigenvalue weighted by Crippen LogP contribution is -2.41. The molecule has 94 valence electrons. The molecule has 3 heteroatoms. The van der Waals surface area contributed by atoms with Crippen LogP contribution in [0.5, 0.6) is 5.75 Å². The monoisotopic (exact) mass is 297 g/mol. The van der Waals surface area contributed by atoms with E-state index in [0.717, 1.165) is 35.2 Å². The second kappa shape index (κ2) is 4.62. The first-order valence-electron chi connectivity index (χ1n) is 6.23. The molecule has 1 aliphatic rings. The molecule has 0 aliphatic carbocycles. The van der Waals surface area contributed by atoms with E-state index in [1.807, 2.05) is 0 Å². The molecular weight excluding hydrogens is 278 g/mol. The number of rotatable bonds is 2. The Morgan fingerprint density at radius 3 is 2.76 bits per heavy atom. The Bertz CT molecular complexity index is 430. The third-order valence-electron chi connectivity index (χ3n) is 3.67. The molecule has 0 saturated heterocycles. The summed E-state index contributed by atoms with van der Waals surface area (Å²) in [6.07, 6.45) is 1.84. The van der Waals surface area contributed by atoms with E-state index >= 15 is 0 Å². The quantitative estimate of drug-likeness (QED) is 0.898. The molecule has 2 N–H and O–H groups in total. The minimum Gasteiger partial charge on any atom is -0.493 e. The largest absolute Gasteiger partial charge is 0.493 e. The number of fused-ring (bicyclic) bond motifs is 1. The molecule has 0 aromatic heterocycles. The Morgan fingerprint density at radius 2 is 2.18 bits per heavy atom. The summed E-state index contributed by atoms with van der Waals surface area (Å²) in [5, 5.41) is 0. The zero-order chi connectivity index (χ0) is 12.6. The number of nitrogens with two attached hydrogens (primary N) is 1. The molecule has 1 aromatic rings. The number of hydrogen-bond donors (Lipinski definition) is 1. The summed E-state index contributed by atoms with van der Waals surface area (Å²) in [7, 11) is 0. The van der Waals surface area contributed by atoms with Gasteiger partial charge in [0.15, 0.2) is 0 Å². The molecule has 0 amide bonds. The molecule has 0 bridgehead atoms. The average molecular weight is 298 g/mol. The van der Waals surface area contributed by atoms with Crippen molar-refractivity contribution in [2.45, 2.75) is 45.1 Å². The molecule has 2 rings (SSSR count). The Labute approximate surface area is 112 Å². The van der Waals surface area contributed by atoms with Crippen molar-refractivity contribution in [2.24, 2.45) is 5.73 Å². The third kappa shape index (κ3) is 2.23. The summed E-state index contributed by atoms with van der Waals surface area (Å²) >= 11 is 3.58. The summed E-state index contributed by atoms with van der Waals surface area (Å²) in [6, 6.07) is 4.26. The molecule has 1 heterocycles. The Morgan fingerprint density at radius 1 is 1.47 bits per heavy atom. The zero-order valence-corrected chi connectivity index (χ0v) is 12.3. The van der Waals surface area contributed by atoms with Crippen LogP contribution < -0.4 is 10.5 Å². The Kier molecular flexibility index (Phi) is 3.50. The fourth-order valence-corrected chi connectivity index (χ4v) is 2.89. The van der Waals surface area contributed by atoms with Crippen molar-refractivity contribution in [3.63, 3.8) is 0 Å². The number of hydrogen-bond acceptors (Lipinski definition) is 2. The molecule has 0 saturated carbocycles. The van der Waals surface area contributed by atoms with E-state index in [4.69, 9.17) is 10.5 Å². The minimum atomic E-state index is -0.235. The number of halogens is 1. The third-order valence-corrected chi connectivity index (χ3v) is 4.12. The van der Waals surface area contributed by atoms with Gasteiger partial charge in [-0.05, 0) is 30.0 Å². The number of benzene rings is 1. The Hall–Kier alpha value is -0.540. The van der Waals surface area contributed by atoms with Gasteiger partial charge in [0.2, 0.25) is 0 Å². The highest BCUT2D eigenvalue weighted by atomic mass is 79.9. The van der Waals surface area contributed by atoms with Crippen molar-refractivity contribution in [3.05, 3.63) is 27.7 Å². The highest BCUT2D eigenvalue weighted by Crippen LogP contribution is 2.43. The molecule has 1 aliphatic heterocycles. The molecule has 1 aromatic carbocycles. The Balaban J connectivity index is 2.63. The summed E-state index contributed by atoms with van der Waals surface area (Å²) < 4.78 is 6.96. The van der Waals surface area contributed by atoms with Crippen molar-refractivity contribution < 1.29 is 4.74 Å². The lowest BCUT2D eigenvalue weighted by atomic mass is 9.81. The van der Waals surface area contributed by atoms with E-state index in [2.05, 4.69) is 48.8 Å². The van der Waals surface area contributed by atoms with Crippen LogP contribution in [0.25, 0.3) is 0 Å². The summed E-state index contributed by atoms with van der Waals surface area (Å²) in [6.45, 7) is 7.23. The van der Waals surface area contributed by atoms with Gasteiger partial charge in [-0.3, -0.25) is 0 Å². The lowest BCUT2D eigenvalue weighted by Gasteiger charge is -2.36. The van der Waals surface area contributed by atoms with E-state index in [1.165, 1.54) is 5.56 Å². The maximum absolute atomic E-state index is 6.51. The first-order valence-corrected chi connectivity index (χ1v) is 7.03. The van der Waals surface area contributed by atoms with Gasteiger partial charge in [-0.1, -0.05) is 36.7 Å². The van der Waals surface area contributed by atoms with Crippen LogP contribution in [0.15, 0.2) is 16.6 Å². The molecule has 0 radical (unpaired) electrons. The first kappa shape index (κ1) is 12.9. The molecule has 2 nitrogen and oxygen atoms in total. The van der Waals surface area contributed by atoms with Gasteiger partial charge in [-0.2, -0.15) is 0 Å². The van der Waals surface area contributed by atoms with Crippen LogP contribution in [0.1, 0.15) is 50.7 Å². The van der Waals surface area contributed by atoms with Crippen molar-refractivity contribution in [3.8, 4) is 5.75 Å². The smallest absolute Gasteiger partial charge is 0.127 e. The van der Waals surface area contributed by atoms with Gasteiger partial charge in [0, 0.05) is 22.0 Å². The number of ether oxygens (including phenoxy) is 1. The molecule has 17 heavy (non-hydrogen) atoms. The van der Waals surface area contributed by atoms with Crippen LogP contribution in [0.2, 0.25) is 0 Å². The highest BCUT2D eigenvalue weighted by Gasteiger charge is 2.34. The van der Waals surface area contributed by atoms with Crippen molar-refractivity contribution in [1.29, 1.82) is 0 Å². The highest BCUT2D eigenvalue weighted by molar-refractivity contribution is 9.10. The van der Waals surface area contributed by atoms with Crippen molar-refractivity contribution in [2.75, 3.05) is 6.61 Å². The summed E-state index contributed by atoms with van der Waals surface area (Å²) in [5.41, 5.74) is 8.68. The van der Waals surface area contributed by atoms with Gasteiger partial charge in [0.05, 0.1) is 6.61 Å². The van der Waals surface area contributed by atoms with Gasteiger partial charge in [-0.25, -0.2) is 0 Å². The fourth-order valence-electron chi connectivity index (χ4n) is 2.41. The normalized spacial score (nSPS) is 23.4. The predicted octanol–water partition coefficient (Wildman–Crippen LogP) is 3.92. The standard InChI is InChI=1S/C14H20BrNO/c1-4-14(16)5-6-17-13-11(9(2)3)7-10(15)8-12(13)14/h7-9H,4-6,16H2,1-3H3. The SMILES string of the molecule is CCC1(N)CCOc2c(C(C)C)cc(Br)cc21. The van der Waals surface area contributed by atoms with E-state index in [9.17, 15) is 0 Å². The minimum absolute atomic E-state index is 0.235. The maximum atomic E-state index is 6.51. The van der Waals surface area contributed by atoms with Crippen LogP contribution in [-0.4, -0.2) is 6.61 Å². The summed E-state index contributed by atoms with van der Waals surface area (Å²) in [5.74, 6) is 1.46. The van der Waals surface area contributed by atoms with E-state index in [1.54, 1.807) is 0 Å². The topological polar surface area (TPSA) is 35.2 Å².